The van der Waals surface area contributed by atoms with Crippen LogP contribution in [0.3, 0.4) is 0 Å². The smallest absolute Gasteiger partial charge is 0.410 e. The number of allylic oxidation sites excluding steroid dienone is 1. The highest BCUT2D eigenvalue weighted by Crippen LogP contribution is 2.38. The van der Waals surface area contributed by atoms with Gasteiger partial charge in [-0.25, -0.2) is 14.8 Å². The number of hydrogen-bond acceptors (Lipinski definition) is 8. The first-order chi connectivity index (χ1) is 17.6. The second-order valence-electron chi connectivity index (χ2n) is 10.2. The van der Waals surface area contributed by atoms with Crippen LogP contribution < -0.4 is 15.5 Å². The van der Waals surface area contributed by atoms with Gasteiger partial charge in [-0.15, -0.1) is 0 Å². The Hall–Kier alpha value is -4.13. The molecule has 0 radical (unpaired) electrons. The molecule has 194 valence electrons. The lowest BCUT2D eigenvalue weighted by Gasteiger charge is -2.33. The number of nitrogens with one attached hydrogen (secondary N) is 2. The Morgan fingerprint density at radius 1 is 1.30 bits per heavy atom. The molecule has 2 N–H and O–H groups in total. The van der Waals surface area contributed by atoms with Crippen LogP contribution in [0.15, 0.2) is 36.3 Å². The van der Waals surface area contributed by atoms with Crippen LogP contribution in [0.1, 0.15) is 51.8 Å². The molecule has 2 amide bonds. The SMILES string of the molecule is CCN1C(=C(C#N)c2nc(NC(=O)C3CCCN(C(=O)OC(C)(C)C)C3)ncc2C)Nc2ccccc21. The Labute approximate surface area is 217 Å². The van der Waals surface area contributed by atoms with E-state index < -0.39 is 17.6 Å². The van der Waals surface area contributed by atoms with Crippen LogP contribution in [0.5, 0.6) is 0 Å². The molecule has 2 aliphatic rings. The molecule has 37 heavy (non-hydrogen) atoms. The molecule has 0 saturated carbocycles. The lowest BCUT2D eigenvalue weighted by atomic mass is 9.97. The van der Waals surface area contributed by atoms with Gasteiger partial charge < -0.3 is 19.9 Å². The van der Waals surface area contributed by atoms with Crippen molar-refractivity contribution in [3.05, 3.63) is 47.5 Å². The molecule has 10 nitrogen and oxygen atoms in total. The summed E-state index contributed by atoms with van der Waals surface area (Å²) < 4.78 is 5.47. The van der Waals surface area contributed by atoms with Gasteiger partial charge in [-0.1, -0.05) is 12.1 Å². The van der Waals surface area contributed by atoms with Crippen LogP contribution in [-0.2, 0) is 9.53 Å². The van der Waals surface area contributed by atoms with Gasteiger partial charge in [-0.05, 0) is 65.2 Å². The minimum Gasteiger partial charge on any atom is -0.444 e. The van der Waals surface area contributed by atoms with Crippen molar-refractivity contribution in [1.82, 2.24) is 14.9 Å². The van der Waals surface area contributed by atoms with Gasteiger partial charge in [0.1, 0.15) is 23.1 Å². The minimum atomic E-state index is -0.603. The zero-order valence-electron chi connectivity index (χ0n) is 22.0. The number of anilines is 3. The van der Waals surface area contributed by atoms with E-state index in [4.69, 9.17) is 4.74 Å². The fraction of sp³-hybridized carbons (Fsp3) is 0.444. The molecule has 0 aliphatic carbocycles. The summed E-state index contributed by atoms with van der Waals surface area (Å²) in [6, 6.07) is 10.1. The highest BCUT2D eigenvalue weighted by molar-refractivity contribution is 5.93. The number of piperidine rings is 1. The first-order valence-corrected chi connectivity index (χ1v) is 12.5. The number of nitriles is 1. The highest BCUT2D eigenvalue weighted by atomic mass is 16.6. The fourth-order valence-corrected chi connectivity index (χ4v) is 4.53. The standard InChI is InChI=1S/C27H33N7O3/c1-6-34-21-12-8-7-11-20(21)30-23(34)19(14-28)22-17(2)15-29-25(31-22)32-24(35)18-10-9-13-33(16-18)26(36)37-27(3,4)5/h7-8,11-12,15,18,30H,6,9-10,13,16H2,1-5H3,(H,29,31,32,35). The number of aromatic nitrogens is 2. The van der Waals surface area contributed by atoms with Crippen molar-refractivity contribution < 1.29 is 14.3 Å². The highest BCUT2D eigenvalue weighted by Gasteiger charge is 2.32. The van der Waals surface area contributed by atoms with Crippen LogP contribution in [-0.4, -0.2) is 52.1 Å². The van der Waals surface area contributed by atoms with Crippen molar-refractivity contribution >= 4 is 34.9 Å². The molecule has 1 aromatic carbocycles. The summed E-state index contributed by atoms with van der Waals surface area (Å²) in [6.45, 7) is 10.8. The van der Waals surface area contributed by atoms with E-state index in [1.54, 1.807) is 11.1 Å². The van der Waals surface area contributed by atoms with Crippen LogP contribution in [0.4, 0.5) is 22.1 Å². The number of amides is 2. The number of nitrogens with zero attached hydrogens (tertiary/aromatic N) is 5. The van der Waals surface area contributed by atoms with Crippen LogP contribution in [0.2, 0.25) is 0 Å². The predicted molar refractivity (Wildman–Crippen MR) is 142 cm³/mol. The van der Waals surface area contributed by atoms with Crippen LogP contribution >= 0.6 is 0 Å². The van der Waals surface area contributed by atoms with Crippen LogP contribution in [0.25, 0.3) is 5.57 Å². The van der Waals surface area contributed by atoms with Crippen molar-refractivity contribution in [1.29, 1.82) is 5.26 Å². The number of hydrogen-bond donors (Lipinski definition) is 2. The van der Waals surface area contributed by atoms with E-state index >= 15 is 0 Å². The molecule has 2 aliphatic heterocycles. The van der Waals surface area contributed by atoms with Gasteiger partial charge in [0.15, 0.2) is 0 Å². The molecule has 0 spiro atoms. The first kappa shape index (κ1) is 25.9. The average Bonchev–Trinajstić information content (AvgIpc) is 3.23. The number of benzene rings is 1. The summed E-state index contributed by atoms with van der Waals surface area (Å²) in [7, 11) is 0. The molecule has 0 bridgehead atoms. The van der Waals surface area contributed by atoms with E-state index in [1.165, 1.54) is 0 Å². The van der Waals surface area contributed by atoms with Gasteiger partial charge in [-0.2, -0.15) is 5.26 Å². The Kier molecular flexibility index (Phi) is 7.34. The maximum absolute atomic E-state index is 13.1. The van der Waals surface area contributed by atoms with E-state index in [2.05, 4.69) is 26.7 Å². The topological polar surface area (TPSA) is 123 Å². The van der Waals surface area contributed by atoms with Gasteiger partial charge in [0, 0.05) is 25.8 Å². The third-order valence-electron chi connectivity index (χ3n) is 6.27. The third-order valence-corrected chi connectivity index (χ3v) is 6.27. The molecule has 1 aromatic heterocycles. The van der Waals surface area contributed by atoms with Crippen molar-refractivity contribution in [2.45, 2.75) is 53.1 Å². The molecule has 1 unspecified atom stereocenters. The average molecular weight is 504 g/mol. The summed E-state index contributed by atoms with van der Waals surface area (Å²) in [5.74, 6) is 0.0817. The summed E-state index contributed by atoms with van der Waals surface area (Å²) >= 11 is 0. The van der Waals surface area contributed by atoms with E-state index in [-0.39, 0.29) is 18.4 Å². The van der Waals surface area contributed by atoms with E-state index in [9.17, 15) is 14.9 Å². The Balaban J connectivity index is 1.54. The van der Waals surface area contributed by atoms with E-state index in [0.29, 0.717) is 48.6 Å². The number of rotatable bonds is 4. The van der Waals surface area contributed by atoms with Crippen molar-refractivity contribution in [2.75, 3.05) is 35.2 Å². The number of likely N-dealkylation sites (tertiary alicyclic amines) is 1. The summed E-state index contributed by atoms with van der Waals surface area (Å²) in [4.78, 5) is 38.0. The normalized spacial score (nSPS) is 18.4. The zero-order valence-corrected chi connectivity index (χ0v) is 22.0. The maximum Gasteiger partial charge on any atom is 0.410 e. The number of ether oxygens (including phenoxy) is 1. The van der Waals surface area contributed by atoms with Gasteiger partial charge in [0.05, 0.1) is 23.0 Å². The van der Waals surface area contributed by atoms with E-state index in [1.807, 2.05) is 63.8 Å². The molecule has 1 atom stereocenters. The molecular formula is C27H33N7O3. The number of fused-ring (bicyclic) bond motifs is 1. The second kappa shape index (κ2) is 10.5. The summed E-state index contributed by atoms with van der Waals surface area (Å²) in [5.41, 5.74) is 2.82. The Morgan fingerprint density at radius 3 is 2.76 bits per heavy atom. The number of carbonyl (C=O) groups excluding carboxylic acids is 2. The Bertz CT molecular complexity index is 1280. The van der Waals surface area contributed by atoms with Crippen molar-refractivity contribution in [3.63, 3.8) is 0 Å². The predicted octanol–water partition coefficient (Wildman–Crippen LogP) is 4.51. The van der Waals surface area contributed by atoms with Crippen molar-refractivity contribution in [2.24, 2.45) is 5.92 Å². The van der Waals surface area contributed by atoms with Gasteiger partial charge in [-0.3, -0.25) is 10.1 Å². The molecule has 4 rings (SSSR count). The lowest BCUT2D eigenvalue weighted by molar-refractivity contribution is -0.121. The number of carbonyl (C=O) groups is 2. The largest absolute Gasteiger partial charge is 0.444 e. The summed E-state index contributed by atoms with van der Waals surface area (Å²) in [5, 5.41) is 16.3. The third kappa shape index (κ3) is 5.66. The molecule has 1 saturated heterocycles. The second-order valence-corrected chi connectivity index (χ2v) is 10.2. The molecule has 3 heterocycles. The quantitative estimate of drug-likeness (QED) is 0.584. The number of aryl methyl sites for hydroxylation is 1. The maximum atomic E-state index is 13.1. The lowest BCUT2D eigenvalue weighted by Crippen LogP contribution is -2.45. The zero-order chi connectivity index (χ0) is 26.7. The first-order valence-electron chi connectivity index (χ1n) is 12.5. The molecule has 10 heteroatoms. The Morgan fingerprint density at radius 2 is 2.05 bits per heavy atom. The number of para-hydroxylation sites is 2. The fourth-order valence-electron chi connectivity index (χ4n) is 4.53. The molecule has 1 fully saturated rings. The van der Waals surface area contributed by atoms with Gasteiger partial charge >= 0.3 is 6.09 Å². The van der Waals surface area contributed by atoms with E-state index in [0.717, 1.165) is 11.4 Å². The van der Waals surface area contributed by atoms with Crippen LogP contribution in [0, 0.1) is 24.2 Å². The monoisotopic (exact) mass is 503 g/mol. The molecule has 2 aromatic rings. The van der Waals surface area contributed by atoms with Gasteiger partial charge in [0.25, 0.3) is 0 Å². The molecular weight excluding hydrogens is 470 g/mol. The van der Waals surface area contributed by atoms with Gasteiger partial charge in [0.2, 0.25) is 11.9 Å². The van der Waals surface area contributed by atoms with Crippen molar-refractivity contribution in [3.8, 4) is 6.07 Å². The minimum absolute atomic E-state index is 0.118. The summed E-state index contributed by atoms with van der Waals surface area (Å²) in [6.07, 6.45) is 2.52.